The fourth-order valence-electron chi connectivity index (χ4n) is 2.41. The van der Waals surface area contributed by atoms with Crippen LogP contribution in [0.25, 0.3) is 0 Å². The van der Waals surface area contributed by atoms with Gasteiger partial charge < -0.3 is 10.1 Å². The summed E-state index contributed by atoms with van der Waals surface area (Å²) in [5.74, 6) is -0.247. The van der Waals surface area contributed by atoms with Gasteiger partial charge in [0.05, 0.1) is 13.0 Å². The molecule has 108 valence electrons. The van der Waals surface area contributed by atoms with Gasteiger partial charge in [0.15, 0.2) is 0 Å². The van der Waals surface area contributed by atoms with Crippen LogP contribution >= 0.6 is 0 Å². The van der Waals surface area contributed by atoms with Crippen LogP contribution in [-0.2, 0) is 20.7 Å². The van der Waals surface area contributed by atoms with Crippen molar-refractivity contribution in [3.8, 4) is 0 Å². The molecule has 1 N–H and O–H groups in total. The zero-order valence-corrected chi connectivity index (χ0v) is 11.9. The Kier molecular flexibility index (Phi) is 4.74. The van der Waals surface area contributed by atoms with Crippen LogP contribution in [0.2, 0.25) is 0 Å². The molecule has 1 aromatic rings. The average Bonchev–Trinajstić information content (AvgIpc) is 2.72. The number of hydrogen-bond donors (Lipinski definition) is 1. The summed E-state index contributed by atoms with van der Waals surface area (Å²) in [6.45, 7) is 2.86. The van der Waals surface area contributed by atoms with Gasteiger partial charge in [0.1, 0.15) is 6.04 Å². The number of methoxy groups -OCH3 is 1. The fourth-order valence-corrected chi connectivity index (χ4v) is 2.41. The average molecular weight is 276 g/mol. The number of para-hydroxylation sites is 1. The van der Waals surface area contributed by atoms with Crippen LogP contribution in [0, 0.1) is 0 Å². The molecule has 2 amide bonds. The van der Waals surface area contributed by atoms with Gasteiger partial charge in [-0.3, -0.25) is 14.5 Å². The lowest BCUT2D eigenvalue weighted by molar-refractivity contribution is -0.138. The molecule has 0 bridgehead atoms. The molecule has 1 aliphatic rings. The Balaban J connectivity index is 2.11. The molecular weight excluding hydrogens is 256 g/mol. The Hall–Kier alpha value is -1.88. The number of nitrogens with zero attached hydrogens (tertiary/aromatic N) is 1. The van der Waals surface area contributed by atoms with Gasteiger partial charge in [-0.25, -0.2) is 0 Å². The van der Waals surface area contributed by atoms with Gasteiger partial charge in [-0.15, -0.1) is 0 Å². The van der Waals surface area contributed by atoms with Gasteiger partial charge in [0.2, 0.25) is 5.91 Å². The standard InChI is InChI=1S/C15H20N2O3/c1-3-17-14(18)10-13(15(17)19)16-12-7-5-4-6-11(12)8-9-20-2/h4-7,13,16H,3,8-10H2,1-2H3. The van der Waals surface area contributed by atoms with Crippen LogP contribution in [0.5, 0.6) is 0 Å². The fraction of sp³-hybridized carbons (Fsp3) is 0.467. The van der Waals surface area contributed by atoms with Crippen LogP contribution in [0.1, 0.15) is 18.9 Å². The number of amides is 2. The van der Waals surface area contributed by atoms with E-state index in [1.807, 2.05) is 31.2 Å². The van der Waals surface area contributed by atoms with Gasteiger partial charge in [-0.1, -0.05) is 18.2 Å². The maximum atomic E-state index is 12.1. The number of likely N-dealkylation sites (N-methyl/N-ethyl adjacent to an activating group) is 1. The van der Waals surface area contributed by atoms with Crippen molar-refractivity contribution in [3.63, 3.8) is 0 Å². The molecule has 1 heterocycles. The smallest absolute Gasteiger partial charge is 0.252 e. The maximum Gasteiger partial charge on any atom is 0.252 e. The van der Waals surface area contributed by atoms with E-state index in [-0.39, 0.29) is 18.2 Å². The highest BCUT2D eigenvalue weighted by Gasteiger charge is 2.37. The van der Waals surface area contributed by atoms with E-state index in [1.54, 1.807) is 7.11 Å². The first-order valence-corrected chi connectivity index (χ1v) is 6.85. The number of imide groups is 1. The molecule has 1 saturated heterocycles. The highest BCUT2D eigenvalue weighted by molar-refractivity contribution is 6.06. The summed E-state index contributed by atoms with van der Waals surface area (Å²) in [5.41, 5.74) is 1.98. The molecule has 0 spiro atoms. The Labute approximate surface area is 118 Å². The van der Waals surface area contributed by atoms with Gasteiger partial charge in [-0.05, 0) is 25.0 Å². The van der Waals surface area contributed by atoms with Crippen molar-refractivity contribution in [2.24, 2.45) is 0 Å². The minimum absolute atomic E-state index is 0.107. The van der Waals surface area contributed by atoms with Crippen molar-refractivity contribution in [2.45, 2.75) is 25.8 Å². The molecule has 0 saturated carbocycles. The van der Waals surface area contributed by atoms with Crippen molar-refractivity contribution in [1.82, 2.24) is 4.90 Å². The Morgan fingerprint density at radius 2 is 2.10 bits per heavy atom. The molecule has 1 fully saturated rings. The van der Waals surface area contributed by atoms with E-state index < -0.39 is 6.04 Å². The molecule has 0 radical (unpaired) electrons. The number of rotatable bonds is 6. The predicted octanol–water partition coefficient (Wildman–Crippen LogP) is 1.43. The number of likely N-dealkylation sites (tertiary alicyclic amines) is 1. The highest BCUT2D eigenvalue weighted by atomic mass is 16.5. The molecule has 1 unspecified atom stereocenters. The summed E-state index contributed by atoms with van der Waals surface area (Å²) in [6.07, 6.45) is 0.997. The van der Waals surface area contributed by atoms with Crippen molar-refractivity contribution in [2.75, 3.05) is 25.6 Å². The lowest BCUT2D eigenvalue weighted by Crippen LogP contribution is -2.34. The topological polar surface area (TPSA) is 58.6 Å². The second-order valence-electron chi connectivity index (χ2n) is 4.78. The number of carbonyl (C=O) groups is 2. The lowest BCUT2D eigenvalue weighted by Gasteiger charge is -2.16. The Bertz CT molecular complexity index is 502. The molecule has 2 rings (SSSR count). The van der Waals surface area contributed by atoms with Crippen molar-refractivity contribution in [1.29, 1.82) is 0 Å². The van der Waals surface area contributed by atoms with E-state index in [0.717, 1.165) is 17.7 Å². The van der Waals surface area contributed by atoms with Crippen molar-refractivity contribution >= 4 is 17.5 Å². The number of ether oxygens (including phenoxy) is 1. The van der Waals surface area contributed by atoms with Gasteiger partial charge in [0.25, 0.3) is 5.91 Å². The van der Waals surface area contributed by atoms with Gasteiger partial charge in [-0.2, -0.15) is 0 Å². The SMILES string of the molecule is CCN1C(=O)CC(Nc2ccccc2CCOC)C1=O. The first kappa shape index (κ1) is 14.5. The second kappa shape index (κ2) is 6.52. The third-order valence-corrected chi connectivity index (χ3v) is 3.48. The molecule has 0 aliphatic carbocycles. The van der Waals surface area contributed by atoms with E-state index in [4.69, 9.17) is 4.74 Å². The van der Waals surface area contributed by atoms with Crippen LogP contribution < -0.4 is 5.32 Å². The number of carbonyl (C=O) groups excluding carboxylic acids is 2. The van der Waals surface area contributed by atoms with E-state index in [2.05, 4.69) is 5.32 Å². The van der Waals surface area contributed by atoms with Crippen molar-refractivity contribution in [3.05, 3.63) is 29.8 Å². The first-order chi connectivity index (χ1) is 9.67. The molecule has 5 nitrogen and oxygen atoms in total. The second-order valence-corrected chi connectivity index (χ2v) is 4.78. The normalized spacial score (nSPS) is 18.7. The van der Waals surface area contributed by atoms with Crippen molar-refractivity contribution < 1.29 is 14.3 Å². The first-order valence-electron chi connectivity index (χ1n) is 6.85. The molecular formula is C15H20N2O3. The third-order valence-electron chi connectivity index (χ3n) is 3.48. The number of hydrogen-bond acceptors (Lipinski definition) is 4. The molecule has 1 aliphatic heterocycles. The predicted molar refractivity (Wildman–Crippen MR) is 76.4 cm³/mol. The third kappa shape index (κ3) is 2.99. The minimum Gasteiger partial charge on any atom is -0.384 e. The maximum absolute atomic E-state index is 12.1. The zero-order valence-electron chi connectivity index (χ0n) is 11.9. The van der Waals surface area contributed by atoms with E-state index in [1.165, 1.54) is 4.90 Å². The van der Waals surface area contributed by atoms with E-state index in [0.29, 0.717) is 13.2 Å². The summed E-state index contributed by atoms with van der Waals surface area (Å²) in [4.78, 5) is 25.1. The lowest BCUT2D eigenvalue weighted by atomic mass is 10.1. The monoisotopic (exact) mass is 276 g/mol. The number of anilines is 1. The number of nitrogens with one attached hydrogen (secondary N) is 1. The highest BCUT2D eigenvalue weighted by Crippen LogP contribution is 2.21. The van der Waals surface area contributed by atoms with Crippen LogP contribution in [0.4, 0.5) is 5.69 Å². The zero-order chi connectivity index (χ0) is 14.5. The molecule has 0 aromatic heterocycles. The molecule has 5 heteroatoms. The summed E-state index contributed by atoms with van der Waals surface area (Å²) < 4.78 is 5.09. The van der Waals surface area contributed by atoms with E-state index in [9.17, 15) is 9.59 Å². The Morgan fingerprint density at radius 1 is 1.35 bits per heavy atom. The number of benzene rings is 1. The van der Waals surface area contributed by atoms with Gasteiger partial charge in [0, 0.05) is 19.3 Å². The summed E-state index contributed by atoms with van der Waals surface area (Å²) >= 11 is 0. The quantitative estimate of drug-likeness (QED) is 0.799. The van der Waals surface area contributed by atoms with E-state index >= 15 is 0 Å². The van der Waals surface area contributed by atoms with Crippen LogP contribution in [0.3, 0.4) is 0 Å². The molecule has 1 atom stereocenters. The van der Waals surface area contributed by atoms with Crippen LogP contribution in [-0.4, -0.2) is 43.0 Å². The van der Waals surface area contributed by atoms with Gasteiger partial charge >= 0.3 is 0 Å². The van der Waals surface area contributed by atoms with Crippen LogP contribution in [0.15, 0.2) is 24.3 Å². The molecule has 1 aromatic carbocycles. The summed E-state index contributed by atoms with van der Waals surface area (Å²) in [5, 5.41) is 3.20. The minimum atomic E-state index is -0.453. The largest absolute Gasteiger partial charge is 0.384 e. The molecule has 20 heavy (non-hydrogen) atoms. The Morgan fingerprint density at radius 3 is 2.75 bits per heavy atom. The summed E-state index contributed by atoms with van der Waals surface area (Å²) in [7, 11) is 1.66. The summed E-state index contributed by atoms with van der Waals surface area (Å²) in [6, 6.07) is 7.34.